The SMILES string of the molecule is [O]CCCCCc1cccc(Cl)c1. The third kappa shape index (κ3) is 4.30. The summed E-state index contributed by atoms with van der Waals surface area (Å²) in [7, 11) is 0. The van der Waals surface area contributed by atoms with Gasteiger partial charge in [0.15, 0.2) is 0 Å². The van der Waals surface area contributed by atoms with E-state index in [9.17, 15) is 5.11 Å². The maximum Gasteiger partial charge on any atom is 0.0822 e. The third-order valence-electron chi connectivity index (χ3n) is 2.00. The molecule has 0 atom stereocenters. The van der Waals surface area contributed by atoms with E-state index in [4.69, 9.17) is 11.6 Å². The molecule has 0 aromatic heterocycles. The summed E-state index contributed by atoms with van der Waals surface area (Å²) in [4.78, 5) is 0. The summed E-state index contributed by atoms with van der Waals surface area (Å²) in [6.45, 7) is 0.0511. The van der Waals surface area contributed by atoms with Gasteiger partial charge in [0.1, 0.15) is 0 Å². The van der Waals surface area contributed by atoms with Crippen LogP contribution in [0.4, 0.5) is 0 Å². The molecule has 0 spiro atoms. The van der Waals surface area contributed by atoms with Crippen molar-refractivity contribution in [2.45, 2.75) is 25.7 Å². The van der Waals surface area contributed by atoms with Gasteiger partial charge in [-0.15, -0.1) is 0 Å². The molecule has 0 bridgehead atoms. The smallest absolute Gasteiger partial charge is 0.0822 e. The van der Waals surface area contributed by atoms with E-state index in [0.29, 0.717) is 0 Å². The van der Waals surface area contributed by atoms with E-state index in [-0.39, 0.29) is 6.61 Å². The van der Waals surface area contributed by atoms with E-state index >= 15 is 0 Å². The second-order valence-corrected chi connectivity index (χ2v) is 3.58. The Morgan fingerprint density at radius 2 is 2.00 bits per heavy atom. The lowest BCUT2D eigenvalue weighted by Gasteiger charge is -2.00. The molecule has 0 N–H and O–H groups in total. The van der Waals surface area contributed by atoms with Crippen molar-refractivity contribution in [3.05, 3.63) is 34.9 Å². The number of hydrogen-bond acceptors (Lipinski definition) is 0. The van der Waals surface area contributed by atoms with Crippen molar-refractivity contribution >= 4 is 11.6 Å². The summed E-state index contributed by atoms with van der Waals surface area (Å²) < 4.78 is 0. The Kier molecular flexibility index (Phi) is 4.87. The zero-order chi connectivity index (χ0) is 9.52. The van der Waals surface area contributed by atoms with Crippen LogP contribution in [0.1, 0.15) is 24.8 Å². The van der Waals surface area contributed by atoms with Gasteiger partial charge in [0.2, 0.25) is 0 Å². The Hall–Kier alpha value is -0.530. The van der Waals surface area contributed by atoms with E-state index < -0.39 is 0 Å². The molecule has 1 nitrogen and oxygen atoms in total. The second kappa shape index (κ2) is 6.01. The molecule has 0 saturated heterocycles. The molecule has 0 aliphatic rings. The minimum absolute atomic E-state index is 0.0511. The monoisotopic (exact) mass is 197 g/mol. The number of rotatable bonds is 5. The summed E-state index contributed by atoms with van der Waals surface area (Å²) in [5.74, 6) is 0. The molecule has 0 aliphatic heterocycles. The van der Waals surface area contributed by atoms with Crippen molar-refractivity contribution in [2.24, 2.45) is 0 Å². The molecule has 1 aromatic carbocycles. The summed E-state index contributed by atoms with van der Waals surface area (Å²) in [6.07, 6.45) is 3.93. The largest absolute Gasteiger partial charge is 0.237 e. The first kappa shape index (κ1) is 10.6. The quantitative estimate of drug-likeness (QED) is 0.645. The third-order valence-corrected chi connectivity index (χ3v) is 2.23. The van der Waals surface area contributed by atoms with Crippen molar-refractivity contribution in [2.75, 3.05) is 6.61 Å². The molecule has 0 unspecified atom stereocenters. The molecule has 0 amide bonds. The first-order valence-corrected chi connectivity index (χ1v) is 5.03. The fourth-order valence-electron chi connectivity index (χ4n) is 1.30. The van der Waals surface area contributed by atoms with Gasteiger partial charge in [-0.25, -0.2) is 5.11 Å². The van der Waals surface area contributed by atoms with Crippen LogP contribution in [0.15, 0.2) is 24.3 Å². The highest BCUT2D eigenvalue weighted by Crippen LogP contribution is 2.13. The van der Waals surface area contributed by atoms with Crippen molar-refractivity contribution < 1.29 is 5.11 Å². The van der Waals surface area contributed by atoms with E-state index in [1.807, 2.05) is 18.2 Å². The Morgan fingerprint density at radius 3 is 2.69 bits per heavy atom. The van der Waals surface area contributed by atoms with Crippen molar-refractivity contribution in [1.29, 1.82) is 0 Å². The van der Waals surface area contributed by atoms with Gasteiger partial charge in [-0.3, -0.25) is 0 Å². The fourth-order valence-corrected chi connectivity index (χ4v) is 1.51. The second-order valence-electron chi connectivity index (χ2n) is 3.14. The van der Waals surface area contributed by atoms with Crippen LogP contribution < -0.4 is 0 Å². The zero-order valence-electron chi connectivity index (χ0n) is 7.63. The molecule has 0 heterocycles. The van der Waals surface area contributed by atoms with Crippen LogP contribution >= 0.6 is 11.6 Å². The first-order chi connectivity index (χ1) is 6.33. The van der Waals surface area contributed by atoms with Crippen LogP contribution in [-0.2, 0) is 11.5 Å². The van der Waals surface area contributed by atoms with Gasteiger partial charge in [-0.05, 0) is 37.0 Å². The molecular weight excluding hydrogens is 184 g/mol. The first-order valence-electron chi connectivity index (χ1n) is 4.65. The standard InChI is InChI=1S/C11H14ClO/c12-11-7-4-6-10(9-11)5-2-1-3-8-13/h4,6-7,9H,1-3,5,8H2. The van der Waals surface area contributed by atoms with E-state index in [2.05, 4.69) is 6.07 Å². The predicted molar refractivity (Wildman–Crippen MR) is 54.6 cm³/mol. The molecule has 0 fully saturated rings. The molecule has 1 radical (unpaired) electrons. The van der Waals surface area contributed by atoms with Crippen LogP contribution in [0.3, 0.4) is 0 Å². The Balaban J connectivity index is 2.28. The minimum Gasteiger partial charge on any atom is -0.237 e. The number of benzene rings is 1. The summed E-state index contributed by atoms with van der Waals surface area (Å²) in [5.41, 5.74) is 1.26. The minimum atomic E-state index is 0.0511. The highest BCUT2D eigenvalue weighted by atomic mass is 35.5. The zero-order valence-corrected chi connectivity index (χ0v) is 8.39. The molecule has 13 heavy (non-hydrogen) atoms. The Morgan fingerprint density at radius 1 is 1.15 bits per heavy atom. The number of unbranched alkanes of at least 4 members (excludes halogenated alkanes) is 2. The summed E-state index contributed by atoms with van der Waals surface area (Å²) in [5, 5.41) is 11.0. The van der Waals surface area contributed by atoms with Crippen molar-refractivity contribution in [3.8, 4) is 0 Å². The number of aryl methyl sites for hydroxylation is 1. The predicted octanol–water partition coefficient (Wildman–Crippen LogP) is 3.48. The normalized spacial score (nSPS) is 10.3. The molecule has 1 rings (SSSR count). The molecule has 71 valence electrons. The maximum atomic E-state index is 10.2. The number of hydrogen-bond donors (Lipinski definition) is 0. The van der Waals surface area contributed by atoms with E-state index in [1.165, 1.54) is 5.56 Å². The van der Waals surface area contributed by atoms with Gasteiger partial charge in [-0.2, -0.15) is 0 Å². The van der Waals surface area contributed by atoms with Crippen LogP contribution in [0, 0.1) is 0 Å². The van der Waals surface area contributed by atoms with Gasteiger partial charge < -0.3 is 0 Å². The Labute approximate surface area is 84.4 Å². The molecule has 2 heteroatoms. The van der Waals surface area contributed by atoms with Gasteiger partial charge in [0, 0.05) is 5.02 Å². The average Bonchev–Trinajstić information content (AvgIpc) is 2.13. The van der Waals surface area contributed by atoms with Gasteiger partial charge in [0.25, 0.3) is 0 Å². The number of halogens is 1. The van der Waals surface area contributed by atoms with Crippen molar-refractivity contribution in [1.82, 2.24) is 0 Å². The van der Waals surface area contributed by atoms with E-state index in [0.717, 1.165) is 30.7 Å². The lowest BCUT2D eigenvalue weighted by atomic mass is 10.1. The summed E-state index contributed by atoms with van der Waals surface area (Å²) >= 11 is 5.83. The molecule has 0 aliphatic carbocycles. The maximum absolute atomic E-state index is 10.2. The molecule has 1 aromatic rings. The fraction of sp³-hybridized carbons (Fsp3) is 0.455. The molecule has 0 saturated carbocycles. The highest BCUT2D eigenvalue weighted by Gasteiger charge is 1.94. The lowest BCUT2D eigenvalue weighted by molar-refractivity contribution is 0.186. The van der Waals surface area contributed by atoms with Crippen LogP contribution in [0.2, 0.25) is 5.02 Å². The summed E-state index contributed by atoms with van der Waals surface area (Å²) in [6, 6.07) is 7.90. The topological polar surface area (TPSA) is 19.9 Å². The lowest BCUT2D eigenvalue weighted by Crippen LogP contribution is -1.87. The van der Waals surface area contributed by atoms with Crippen LogP contribution in [0.5, 0.6) is 0 Å². The van der Waals surface area contributed by atoms with Gasteiger partial charge in [-0.1, -0.05) is 30.2 Å². The van der Waals surface area contributed by atoms with Crippen molar-refractivity contribution in [3.63, 3.8) is 0 Å². The van der Waals surface area contributed by atoms with Crippen LogP contribution in [0.25, 0.3) is 0 Å². The van der Waals surface area contributed by atoms with Crippen LogP contribution in [-0.4, -0.2) is 6.61 Å². The van der Waals surface area contributed by atoms with Gasteiger partial charge in [0.05, 0.1) is 6.61 Å². The Bertz CT molecular complexity index is 248. The molecular formula is C11H14ClO. The van der Waals surface area contributed by atoms with Gasteiger partial charge >= 0.3 is 0 Å². The average molecular weight is 198 g/mol. The highest BCUT2D eigenvalue weighted by molar-refractivity contribution is 6.30. The van der Waals surface area contributed by atoms with E-state index in [1.54, 1.807) is 0 Å².